The number of carbonyl (C=O) groups excluding carboxylic acids is 1. The molecule has 3 nitrogen and oxygen atoms in total. The van der Waals surface area contributed by atoms with Gasteiger partial charge in [-0.05, 0) is 24.6 Å². The average molecular weight is 243 g/mol. The zero-order chi connectivity index (χ0) is 10.0. The summed E-state index contributed by atoms with van der Waals surface area (Å²) >= 11 is 3.13. The Bertz CT molecular complexity index is 371. The van der Waals surface area contributed by atoms with Crippen LogP contribution in [0.4, 0.5) is 0 Å². The topological polar surface area (TPSA) is 54.4 Å². The molecule has 0 fully saturated rings. The Labute approximate surface area is 83.5 Å². The fourth-order valence-corrected chi connectivity index (χ4v) is 1.52. The Kier molecular flexibility index (Phi) is 2.83. The Morgan fingerprint density at radius 3 is 2.62 bits per heavy atom. The van der Waals surface area contributed by atoms with Crippen LogP contribution in [0.25, 0.3) is 0 Å². The second-order valence-corrected chi connectivity index (χ2v) is 3.51. The third-order valence-corrected chi connectivity index (χ3v) is 2.23. The number of hydrogen-bond acceptors (Lipinski definition) is 2. The summed E-state index contributed by atoms with van der Waals surface area (Å²) in [7, 11) is 0. The van der Waals surface area contributed by atoms with Crippen molar-refractivity contribution in [1.29, 1.82) is 0 Å². The quantitative estimate of drug-likeness (QED) is 0.810. The van der Waals surface area contributed by atoms with Crippen LogP contribution in [0, 0.1) is 6.92 Å². The molecule has 0 bridgehead atoms. The van der Waals surface area contributed by atoms with Crippen LogP contribution in [0.3, 0.4) is 0 Å². The highest BCUT2D eigenvalue weighted by atomic mass is 79.9. The standard InChI is InChI=1S/C9H7BrO3/c1-5-6(4-11)2-7(10)3-8(5)9(12)13/h2-4H,1H3,(H,12,13). The maximum atomic E-state index is 10.7. The van der Waals surface area contributed by atoms with Crippen molar-refractivity contribution in [2.24, 2.45) is 0 Å². The number of halogens is 1. The Morgan fingerprint density at radius 2 is 2.15 bits per heavy atom. The molecule has 1 N–H and O–H groups in total. The number of carbonyl (C=O) groups is 2. The number of aldehydes is 1. The van der Waals surface area contributed by atoms with Gasteiger partial charge >= 0.3 is 5.97 Å². The molecule has 0 amide bonds. The fraction of sp³-hybridized carbons (Fsp3) is 0.111. The summed E-state index contributed by atoms with van der Waals surface area (Å²) in [5.74, 6) is -1.03. The summed E-state index contributed by atoms with van der Waals surface area (Å²) < 4.78 is 0.595. The van der Waals surface area contributed by atoms with E-state index in [2.05, 4.69) is 15.9 Å². The maximum absolute atomic E-state index is 10.7. The smallest absolute Gasteiger partial charge is 0.336 e. The number of benzene rings is 1. The summed E-state index contributed by atoms with van der Waals surface area (Å²) in [5.41, 5.74) is 1.04. The van der Waals surface area contributed by atoms with Crippen molar-refractivity contribution in [1.82, 2.24) is 0 Å². The van der Waals surface area contributed by atoms with Crippen molar-refractivity contribution >= 4 is 28.2 Å². The zero-order valence-electron chi connectivity index (χ0n) is 6.87. The molecule has 0 aliphatic carbocycles. The molecule has 0 saturated carbocycles. The van der Waals surface area contributed by atoms with Gasteiger partial charge in [-0.1, -0.05) is 15.9 Å². The van der Waals surface area contributed by atoms with E-state index in [-0.39, 0.29) is 5.56 Å². The molecule has 1 rings (SSSR count). The molecular weight excluding hydrogens is 236 g/mol. The predicted molar refractivity (Wildman–Crippen MR) is 51.2 cm³/mol. The van der Waals surface area contributed by atoms with Gasteiger partial charge in [-0.2, -0.15) is 0 Å². The van der Waals surface area contributed by atoms with Gasteiger partial charge in [0.2, 0.25) is 0 Å². The van der Waals surface area contributed by atoms with Crippen LogP contribution >= 0.6 is 15.9 Å². The van der Waals surface area contributed by atoms with E-state index in [1.807, 2.05) is 0 Å². The lowest BCUT2D eigenvalue weighted by molar-refractivity contribution is 0.0696. The molecule has 0 radical (unpaired) electrons. The van der Waals surface area contributed by atoms with Crippen molar-refractivity contribution in [2.75, 3.05) is 0 Å². The van der Waals surface area contributed by atoms with Gasteiger partial charge in [0.15, 0.2) is 0 Å². The van der Waals surface area contributed by atoms with Crippen molar-refractivity contribution in [3.05, 3.63) is 33.3 Å². The van der Waals surface area contributed by atoms with Gasteiger partial charge in [0.25, 0.3) is 0 Å². The lowest BCUT2D eigenvalue weighted by Gasteiger charge is -2.03. The molecule has 0 aliphatic heterocycles. The molecule has 0 unspecified atom stereocenters. The molecule has 0 saturated heterocycles. The predicted octanol–water partition coefficient (Wildman–Crippen LogP) is 2.27. The third kappa shape index (κ3) is 1.95. The highest BCUT2D eigenvalue weighted by molar-refractivity contribution is 9.10. The summed E-state index contributed by atoms with van der Waals surface area (Å²) in [4.78, 5) is 21.2. The zero-order valence-corrected chi connectivity index (χ0v) is 8.46. The minimum atomic E-state index is -1.03. The number of rotatable bonds is 2. The maximum Gasteiger partial charge on any atom is 0.336 e. The summed E-state index contributed by atoms with van der Waals surface area (Å²) in [6, 6.07) is 3.07. The second kappa shape index (κ2) is 3.70. The highest BCUT2D eigenvalue weighted by Gasteiger charge is 2.11. The highest BCUT2D eigenvalue weighted by Crippen LogP contribution is 2.19. The van der Waals surface area contributed by atoms with Gasteiger partial charge in [0, 0.05) is 10.0 Å². The van der Waals surface area contributed by atoms with Crippen LogP contribution in [0.2, 0.25) is 0 Å². The van der Waals surface area contributed by atoms with Crippen molar-refractivity contribution in [3.8, 4) is 0 Å². The van der Waals surface area contributed by atoms with Crippen LogP contribution in [-0.2, 0) is 0 Å². The third-order valence-electron chi connectivity index (χ3n) is 1.77. The van der Waals surface area contributed by atoms with Crippen LogP contribution < -0.4 is 0 Å². The van der Waals surface area contributed by atoms with Gasteiger partial charge in [0.1, 0.15) is 6.29 Å². The first-order valence-corrected chi connectivity index (χ1v) is 4.34. The average Bonchev–Trinajstić information content (AvgIpc) is 2.08. The van der Waals surface area contributed by atoms with Crippen LogP contribution in [0.15, 0.2) is 16.6 Å². The van der Waals surface area contributed by atoms with Gasteiger partial charge in [-0.15, -0.1) is 0 Å². The lowest BCUT2D eigenvalue weighted by atomic mass is 10.0. The van der Waals surface area contributed by atoms with E-state index in [4.69, 9.17) is 5.11 Å². The van der Waals surface area contributed by atoms with E-state index in [9.17, 15) is 9.59 Å². The number of carboxylic acids is 1. The Hall–Kier alpha value is -1.16. The minimum absolute atomic E-state index is 0.150. The van der Waals surface area contributed by atoms with Crippen LogP contribution in [-0.4, -0.2) is 17.4 Å². The SMILES string of the molecule is Cc1c(C=O)cc(Br)cc1C(=O)O. The molecule has 4 heteroatoms. The van der Waals surface area contributed by atoms with E-state index in [1.165, 1.54) is 6.07 Å². The molecule has 0 aliphatic rings. The first-order valence-electron chi connectivity index (χ1n) is 3.55. The van der Waals surface area contributed by atoms with Crippen LogP contribution in [0.1, 0.15) is 26.3 Å². The first-order chi connectivity index (χ1) is 6.06. The molecule has 1 aromatic rings. The minimum Gasteiger partial charge on any atom is -0.478 e. The number of hydrogen-bond donors (Lipinski definition) is 1. The van der Waals surface area contributed by atoms with E-state index in [0.29, 0.717) is 21.9 Å². The van der Waals surface area contributed by atoms with E-state index in [1.54, 1.807) is 13.0 Å². The van der Waals surface area contributed by atoms with E-state index >= 15 is 0 Å². The van der Waals surface area contributed by atoms with Gasteiger partial charge < -0.3 is 5.11 Å². The molecule has 0 heterocycles. The molecule has 0 spiro atoms. The summed E-state index contributed by atoms with van der Waals surface area (Å²) in [6.45, 7) is 1.61. The lowest BCUT2D eigenvalue weighted by Crippen LogP contribution is -2.02. The van der Waals surface area contributed by atoms with Gasteiger partial charge in [0.05, 0.1) is 5.56 Å². The number of carboxylic acid groups (broad SMARTS) is 1. The molecular formula is C9H7BrO3. The Morgan fingerprint density at radius 1 is 1.54 bits per heavy atom. The van der Waals surface area contributed by atoms with Crippen molar-refractivity contribution < 1.29 is 14.7 Å². The monoisotopic (exact) mass is 242 g/mol. The fourth-order valence-electron chi connectivity index (χ4n) is 1.04. The number of aromatic carboxylic acids is 1. The summed E-state index contributed by atoms with van der Waals surface area (Å²) in [5, 5.41) is 8.77. The van der Waals surface area contributed by atoms with E-state index < -0.39 is 5.97 Å². The van der Waals surface area contributed by atoms with Gasteiger partial charge in [-0.25, -0.2) is 4.79 Å². The van der Waals surface area contributed by atoms with Crippen LogP contribution in [0.5, 0.6) is 0 Å². The van der Waals surface area contributed by atoms with Crippen molar-refractivity contribution in [2.45, 2.75) is 6.92 Å². The second-order valence-electron chi connectivity index (χ2n) is 2.59. The van der Waals surface area contributed by atoms with E-state index in [0.717, 1.165) is 0 Å². The molecule has 1 aromatic carbocycles. The largest absolute Gasteiger partial charge is 0.478 e. The van der Waals surface area contributed by atoms with Gasteiger partial charge in [-0.3, -0.25) is 4.79 Å². The first kappa shape index (κ1) is 9.92. The molecule has 0 aromatic heterocycles. The Balaban J connectivity index is 3.44. The normalized spacial score (nSPS) is 9.69. The van der Waals surface area contributed by atoms with Crippen molar-refractivity contribution in [3.63, 3.8) is 0 Å². The molecule has 0 atom stereocenters. The molecule has 68 valence electrons. The summed E-state index contributed by atoms with van der Waals surface area (Å²) in [6.07, 6.45) is 0.645. The molecule has 13 heavy (non-hydrogen) atoms.